The second-order valence-corrected chi connectivity index (χ2v) is 5.05. The number of aliphatic carboxylic acids is 1. The number of carbonyl (C=O) groups excluding carboxylic acids is 1. The molecular weight excluding hydrogens is 270 g/mol. The van der Waals surface area contributed by atoms with Gasteiger partial charge < -0.3 is 15.5 Å². The molecule has 1 aromatic carbocycles. The topological polar surface area (TPSA) is 86.6 Å². The number of nitrogens with one attached hydrogen (secondary N) is 1. The van der Waals surface area contributed by atoms with Crippen molar-refractivity contribution in [3.8, 4) is 5.75 Å². The molecule has 0 heterocycles. The number of carbonyl (C=O) groups is 2. The van der Waals surface area contributed by atoms with E-state index in [-0.39, 0.29) is 11.3 Å². The molecule has 6 heteroatoms. The highest BCUT2D eigenvalue weighted by Crippen LogP contribution is 2.27. The van der Waals surface area contributed by atoms with Crippen LogP contribution in [0.25, 0.3) is 0 Å². The van der Waals surface area contributed by atoms with Gasteiger partial charge in [-0.25, -0.2) is 0 Å². The minimum atomic E-state index is -0.905. The number of carboxylic acids is 1. The number of hydrogen-bond acceptors (Lipinski definition) is 3. The van der Waals surface area contributed by atoms with E-state index in [0.717, 1.165) is 6.42 Å². The molecule has 1 aliphatic rings. The SMILES string of the molecule is O=C(NC1CCCC1C(=O)O)c1cc(Cl)ccc1O. The van der Waals surface area contributed by atoms with E-state index in [2.05, 4.69) is 5.32 Å². The zero-order valence-electron chi connectivity index (χ0n) is 10.1. The van der Waals surface area contributed by atoms with Crippen LogP contribution in [0.15, 0.2) is 18.2 Å². The van der Waals surface area contributed by atoms with Gasteiger partial charge in [0.15, 0.2) is 0 Å². The fraction of sp³-hybridized carbons (Fsp3) is 0.385. The maximum absolute atomic E-state index is 12.0. The zero-order chi connectivity index (χ0) is 14.0. The number of aromatic hydroxyl groups is 1. The molecule has 0 aliphatic heterocycles. The summed E-state index contributed by atoms with van der Waals surface area (Å²) in [6.07, 6.45) is 1.95. The first kappa shape index (κ1) is 13.7. The van der Waals surface area contributed by atoms with Gasteiger partial charge in [0.25, 0.3) is 5.91 Å². The predicted molar refractivity (Wildman–Crippen MR) is 69.3 cm³/mol. The molecule has 2 unspecified atom stereocenters. The van der Waals surface area contributed by atoms with E-state index in [4.69, 9.17) is 16.7 Å². The first-order valence-electron chi connectivity index (χ1n) is 6.01. The van der Waals surface area contributed by atoms with Crippen LogP contribution in [0.1, 0.15) is 29.6 Å². The normalized spacial score (nSPS) is 22.2. The van der Waals surface area contributed by atoms with Crippen LogP contribution >= 0.6 is 11.6 Å². The van der Waals surface area contributed by atoms with Crippen molar-refractivity contribution >= 4 is 23.5 Å². The lowest BCUT2D eigenvalue weighted by atomic mass is 10.0. The minimum absolute atomic E-state index is 0.0588. The van der Waals surface area contributed by atoms with Crippen molar-refractivity contribution in [3.63, 3.8) is 0 Å². The van der Waals surface area contributed by atoms with Crippen molar-refractivity contribution in [2.45, 2.75) is 25.3 Å². The van der Waals surface area contributed by atoms with Crippen LogP contribution in [0.4, 0.5) is 0 Å². The molecule has 2 atom stereocenters. The summed E-state index contributed by atoms with van der Waals surface area (Å²) in [7, 11) is 0. The average molecular weight is 284 g/mol. The Morgan fingerprint density at radius 2 is 2.05 bits per heavy atom. The molecule has 1 saturated carbocycles. The number of phenolic OH excluding ortho intramolecular Hbond substituents is 1. The molecule has 1 aromatic rings. The third kappa shape index (κ3) is 2.98. The van der Waals surface area contributed by atoms with Crippen LogP contribution in [0.5, 0.6) is 5.75 Å². The standard InChI is InChI=1S/C13H14ClNO4/c14-7-4-5-11(16)9(6-7)12(17)15-10-3-1-2-8(10)13(18)19/h4-6,8,10,16H,1-3H2,(H,15,17)(H,18,19). The van der Waals surface area contributed by atoms with E-state index < -0.39 is 23.8 Å². The summed E-state index contributed by atoms with van der Waals surface area (Å²) >= 11 is 5.77. The maximum atomic E-state index is 12.0. The maximum Gasteiger partial charge on any atom is 0.308 e. The molecule has 2 rings (SSSR count). The average Bonchev–Trinajstić information content (AvgIpc) is 2.80. The summed E-state index contributed by atoms with van der Waals surface area (Å²) < 4.78 is 0. The van der Waals surface area contributed by atoms with Gasteiger partial charge in [-0.05, 0) is 31.0 Å². The third-order valence-electron chi connectivity index (χ3n) is 3.35. The van der Waals surface area contributed by atoms with Gasteiger partial charge in [-0.1, -0.05) is 18.0 Å². The Bertz CT molecular complexity index is 517. The monoisotopic (exact) mass is 283 g/mol. The molecule has 3 N–H and O–H groups in total. The molecular formula is C13H14ClNO4. The van der Waals surface area contributed by atoms with Crippen LogP contribution in [0.2, 0.25) is 5.02 Å². The van der Waals surface area contributed by atoms with E-state index in [1.54, 1.807) is 0 Å². The van der Waals surface area contributed by atoms with Gasteiger partial charge in [-0.15, -0.1) is 0 Å². The molecule has 0 aromatic heterocycles. The molecule has 0 radical (unpaired) electrons. The van der Waals surface area contributed by atoms with Crippen LogP contribution < -0.4 is 5.32 Å². The van der Waals surface area contributed by atoms with Gasteiger partial charge in [0.1, 0.15) is 5.75 Å². The zero-order valence-corrected chi connectivity index (χ0v) is 10.9. The summed E-state index contributed by atoms with van der Waals surface area (Å²) in [6, 6.07) is 3.77. The Morgan fingerprint density at radius 1 is 1.32 bits per heavy atom. The molecule has 0 spiro atoms. The van der Waals surface area contributed by atoms with Gasteiger partial charge in [0.05, 0.1) is 11.5 Å². The lowest BCUT2D eigenvalue weighted by Gasteiger charge is -2.18. The summed E-state index contributed by atoms with van der Waals surface area (Å²) in [6.45, 7) is 0. The van der Waals surface area contributed by atoms with Gasteiger partial charge in [-0.2, -0.15) is 0 Å². The summed E-state index contributed by atoms with van der Waals surface area (Å²) in [5, 5.41) is 21.7. The Hall–Kier alpha value is -1.75. The van der Waals surface area contributed by atoms with Crippen molar-refractivity contribution in [3.05, 3.63) is 28.8 Å². The Balaban J connectivity index is 2.12. The number of phenols is 1. The second-order valence-electron chi connectivity index (χ2n) is 4.62. The number of amides is 1. The van der Waals surface area contributed by atoms with Gasteiger partial charge >= 0.3 is 5.97 Å². The fourth-order valence-electron chi connectivity index (χ4n) is 2.36. The van der Waals surface area contributed by atoms with Crippen LogP contribution in [-0.4, -0.2) is 28.1 Å². The molecule has 0 saturated heterocycles. The number of hydrogen-bond donors (Lipinski definition) is 3. The Kier molecular flexibility index (Phi) is 3.95. The summed E-state index contributed by atoms with van der Waals surface area (Å²) in [5.41, 5.74) is 0.0588. The minimum Gasteiger partial charge on any atom is -0.507 e. The van der Waals surface area contributed by atoms with E-state index in [9.17, 15) is 14.7 Å². The highest BCUT2D eigenvalue weighted by atomic mass is 35.5. The molecule has 5 nitrogen and oxygen atoms in total. The molecule has 1 fully saturated rings. The molecule has 102 valence electrons. The van der Waals surface area contributed by atoms with Gasteiger partial charge in [-0.3, -0.25) is 9.59 Å². The van der Waals surface area contributed by atoms with Gasteiger partial charge in [0, 0.05) is 11.1 Å². The number of halogens is 1. The molecule has 19 heavy (non-hydrogen) atoms. The number of benzene rings is 1. The van der Waals surface area contributed by atoms with Gasteiger partial charge in [0.2, 0.25) is 0 Å². The highest BCUT2D eigenvalue weighted by molar-refractivity contribution is 6.31. The van der Waals surface area contributed by atoms with Crippen LogP contribution in [0, 0.1) is 5.92 Å². The first-order chi connectivity index (χ1) is 8.99. The third-order valence-corrected chi connectivity index (χ3v) is 3.59. The van der Waals surface area contributed by atoms with Crippen LogP contribution in [-0.2, 0) is 4.79 Å². The lowest BCUT2D eigenvalue weighted by Crippen LogP contribution is -2.40. The molecule has 0 bridgehead atoms. The Morgan fingerprint density at radius 3 is 2.74 bits per heavy atom. The summed E-state index contributed by atoms with van der Waals surface area (Å²) in [4.78, 5) is 23.0. The number of carboxylic acid groups (broad SMARTS) is 1. The van der Waals surface area contributed by atoms with Crippen molar-refractivity contribution in [1.82, 2.24) is 5.32 Å². The highest BCUT2D eigenvalue weighted by Gasteiger charge is 2.34. The molecule has 1 aliphatic carbocycles. The van der Waals surface area contributed by atoms with E-state index >= 15 is 0 Å². The largest absolute Gasteiger partial charge is 0.507 e. The van der Waals surface area contributed by atoms with Crippen LogP contribution in [0.3, 0.4) is 0 Å². The quantitative estimate of drug-likeness (QED) is 0.792. The van der Waals surface area contributed by atoms with Crippen molar-refractivity contribution < 1.29 is 19.8 Å². The fourth-order valence-corrected chi connectivity index (χ4v) is 2.54. The summed E-state index contributed by atoms with van der Waals surface area (Å²) in [5.74, 6) is -2.15. The lowest BCUT2D eigenvalue weighted by molar-refractivity contribution is -0.142. The van der Waals surface area contributed by atoms with Crippen molar-refractivity contribution in [2.75, 3.05) is 0 Å². The Labute approximate surface area is 115 Å². The smallest absolute Gasteiger partial charge is 0.308 e. The molecule has 1 amide bonds. The number of rotatable bonds is 3. The van der Waals surface area contributed by atoms with Crippen molar-refractivity contribution in [2.24, 2.45) is 5.92 Å². The van der Waals surface area contributed by atoms with E-state index in [0.29, 0.717) is 17.9 Å². The predicted octanol–water partition coefficient (Wildman–Crippen LogP) is 2.03. The van der Waals surface area contributed by atoms with E-state index in [1.807, 2.05) is 0 Å². The second kappa shape index (κ2) is 5.48. The first-order valence-corrected chi connectivity index (χ1v) is 6.39. The van der Waals surface area contributed by atoms with Crippen molar-refractivity contribution in [1.29, 1.82) is 0 Å². The van der Waals surface area contributed by atoms with E-state index in [1.165, 1.54) is 18.2 Å².